The number of furan rings is 1. The van der Waals surface area contributed by atoms with Crippen LogP contribution in [0.1, 0.15) is 36.4 Å². The fraction of sp³-hybridized carbons (Fsp3) is 0.261. The topological polar surface area (TPSA) is 83.1 Å². The van der Waals surface area contributed by atoms with E-state index in [4.69, 9.17) is 9.15 Å². The van der Waals surface area contributed by atoms with E-state index in [1.807, 2.05) is 24.3 Å². The van der Waals surface area contributed by atoms with Gasteiger partial charge in [0, 0.05) is 30.9 Å². The van der Waals surface area contributed by atoms with Gasteiger partial charge in [-0.2, -0.15) is 0 Å². The number of aliphatic hydroxyl groups excluding tert-OH is 2. The van der Waals surface area contributed by atoms with Gasteiger partial charge in [-0.15, -0.1) is 5.73 Å². The maximum Gasteiger partial charge on any atom is 0.132 e. The summed E-state index contributed by atoms with van der Waals surface area (Å²) in [6.45, 7) is 0.326. The predicted molar refractivity (Wildman–Crippen MR) is 107 cm³/mol. The molecule has 0 aliphatic carbocycles. The van der Waals surface area contributed by atoms with Gasteiger partial charge in [-0.3, -0.25) is 0 Å². The van der Waals surface area contributed by atoms with Crippen molar-refractivity contribution in [2.24, 2.45) is 0 Å². The van der Waals surface area contributed by atoms with Gasteiger partial charge in [0.1, 0.15) is 17.6 Å². The second-order valence-corrected chi connectivity index (χ2v) is 6.59. The number of aromatic hydroxyl groups is 1. The van der Waals surface area contributed by atoms with Crippen LogP contribution in [0.25, 0.3) is 10.8 Å². The zero-order valence-corrected chi connectivity index (χ0v) is 15.7. The third-order valence-corrected chi connectivity index (χ3v) is 4.57. The molecular weight excluding hydrogens is 356 g/mol. The molecule has 1 aromatic heterocycles. The van der Waals surface area contributed by atoms with Crippen molar-refractivity contribution in [3.8, 4) is 5.75 Å². The second-order valence-electron chi connectivity index (χ2n) is 6.59. The average Bonchev–Trinajstić information content (AvgIpc) is 3.23. The van der Waals surface area contributed by atoms with Crippen LogP contribution in [0.5, 0.6) is 5.75 Å². The summed E-state index contributed by atoms with van der Waals surface area (Å²) in [5.41, 5.74) is 4.65. The average molecular weight is 380 g/mol. The molecular formula is C23H24O5. The molecule has 0 fully saturated rings. The molecule has 5 heteroatoms. The Bertz CT molecular complexity index is 968. The van der Waals surface area contributed by atoms with Gasteiger partial charge in [0.15, 0.2) is 0 Å². The summed E-state index contributed by atoms with van der Waals surface area (Å²) < 4.78 is 10.4. The molecule has 146 valence electrons. The summed E-state index contributed by atoms with van der Waals surface area (Å²) in [6, 6.07) is 14.2. The van der Waals surface area contributed by atoms with Crippen molar-refractivity contribution in [1.82, 2.24) is 0 Å². The van der Waals surface area contributed by atoms with E-state index in [0.717, 1.165) is 16.5 Å². The van der Waals surface area contributed by atoms with Crippen molar-refractivity contribution in [2.45, 2.75) is 25.0 Å². The molecule has 0 unspecified atom stereocenters. The quantitative estimate of drug-likeness (QED) is 0.504. The van der Waals surface area contributed by atoms with Gasteiger partial charge in [0.2, 0.25) is 0 Å². The highest BCUT2D eigenvalue weighted by atomic mass is 16.5. The number of rotatable bonds is 8. The highest BCUT2D eigenvalue weighted by Gasteiger charge is 2.14. The van der Waals surface area contributed by atoms with Gasteiger partial charge >= 0.3 is 0 Å². The Morgan fingerprint density at radius 2 is 1.86 bits per heavy atom. The Morgan fingerprint density at radius 3 is 2.57 bits per heavy atom. The standard InChI is InChI=1S/C23H24O5/c1-27-15-16(14-22(26)23-10-5-13-28-23)6-4-9-20(24)19-11-12-21(25)18-8-3-2-7-17(18)19/h2-5,7-8,10-13,20,22,24-26H,9,14-15H2,1H3/t6?,20-,22-/m1/s1. The lowest BCUT2D eigenvalue weighted by molar-refractivity contribution is 0.141. The molecule has 0 spiro atoms. The third kappa shape index (κ3) is 4.71. The van der Waals surface area contributed by atoms with Gasteiger partial charge in [0.25, 0.3) is 0 Å². The van der Waals surface area contributed by atoms with Gasteiger partial charge in [-0.05, 0) is 35.2 Å². The fourth-order valence-corrected chi connectivity index (χ4v) is 3.19. The Hall–Kier alpha value is -2.82. The number of hydrogen-bond donors (Lipinski definition) is 3. The minimum atomic E-state index is -0.771. The summed E-state index contributed by atoms with van der Waals surface area (Å²) in [5, 5.41) is 32.4. The lowest BCUT2D eigenvalue weighted by Crippen LogP contribution is -2.02. The maximum atomic E-state index is 10.6. The van der Waals surface area contributed by atoms with E-state index in [-0.39, 0.29) is 5.75 Å². The van der Waals surface area contributed by atoms with Crippen LogP contribution in [0.4, 0.5) is 0 Å². The number of aliphatic hydroxyl groups is 2. The lowest BCUT2D eigenvalue weighted by atomic mass is 9.98. The molecule has 0 saturated heterocycles. The van der Waals surface area contributed by atoms with Crippen LogP contribution < -0.4 is 0 Å². The van der Waals surface area contributed by atoms with Gasteiger partial charge in [-0.25, -0.2) is 0 Å². The number of hydrogen-bond acceptors (Lipinski definition) is 5. The van der Waals surface area contributed by atoms with Gasteiger partial charge in [-0.1, -0.05) is 30.3 Å². The molecule has 2 atom stereocenters. The highest BCUT2D eigenvalue weighted by molar-refractivity contribution is 5.91. The van der Waals surface area contributed by atoms with E-state index in [1.165, 1.54) is 6.26 Å². The number of ether oxygens (including phenoxy) is 1. The minimum Gasteiger partial charge on any atom is -0.507 e. The zero-order valence-electron chi connectivity index (χ0n) is 15.7. The Balaban J connectivity index is 1.76. The molecule has 0 radical (unpaired) electrons. The number of methoxy groups -OCH3 is 1. The van der Waals surface area contributed by atoms with Crippen molar-refractivity contribution < 1.29 is 24.5 Å². The first-order valence-electron chi connectivity index (χ1n) is 9.12. The molecule has 5 nitrogen and oxygen atoms in total. The van der Waals surface area contributed by atoms with E-state index < -0.39 is 12.2 Å². The van der Waals surface area contributed by atoms with Gasteiger partial charge in [0.05, 0.1) is 19.0 Å². The Morgan fingerprint density at radius 1 is 1.07 bits per heavy atom. The van der Waals surface area contributed by atoms with E-state index >= 15 is 0 Å². The summed E-state index contributed by atoms with van der Waals surface area (Å²) >= 11 is 0. The van der Waals surface area contributed by atoms with E-state index in [2.05, 4.69) is 5.73 Å². The fourth-order valence-electron chi connectivity index (χ4n) is 3.19. The summed E-state index contributed by atoms with van der Waals surface area (Å²) in [4.78, 5) is 0. The van der Waals surface area contributed by atoms with E-state index in [9.17, 15) is 15.3 Å². The van der Waals surface area contributed by atoms with Crippen LogP contribution in [0, 0.1) is 0 Å². The number of fused-ring (bicyclic) bond motifs is 1. The van der Waals surface area contributed by atoms with Crippen LogP contribution in [0.2, 0.25) is 0 Å². The van der Waals surface area contributed by atoms with E-state index in [0.29, 0.717) is 30.6 Å². The van der Waals surface area contributed by atoms with Crippen molar-refractivity contribution in [3.05, 3.63) is 83.5 Å². The van der Waals surface area contributed by atoms with E-state index in [1.54, 1.807) is 37.5 Å². The number of phenolic OH excluding ortho intramolecular Hbond substituents is 1. The van der Waals surface area contributed by atoms with Crippen molar-refractivity contribution in [2.75, 3.05) is 13.7 Å². The largest absolute Gasteiger partial charge is 0.507 e. The second kappa shape index (κ2) is 9.40. The molecule has 28 heavy (non-hydrogen) atoms. The summed E-state index contributed by atoms with van der Waals surface area (Å²) in [6.07, 6.45) is 2.43. The number of benzene rings is 2. The monoisotopic (exact) mass is 380 g/mol. The predicted octanol–water partition coefficient (Wildman–Crippen LogP) is 4.41. The Labute approximate surface area is 163 Å². The smallest absolute Gasteiger partial charge is 0.132 e. The molecule has 3 rings (SSSR count). The zero-order chi connectivity index (χ0) is 19.9. The van der Waals surface area contributed by atoms with Crippen LogP contribution in [-0.2, 0) is 4.74 Å². The molecule has 3 aromatic rings. The van der Waals surface area contributed by atoms with Crippen molar-refractivity contribution in [3.63, 3.8) is 0 Å². The molecule has 0 amide bonds. The molecule has 0 aliphatic rings. The van der Waals surface area contributed by atoms with Crippen LogP contribution in [0.15, 0.2) is 76.6 Å². The molecule has 0 aliphatic heterocycles. The lowest BCUT2D eigenvalue weighted by Gasteiger charge is -2.13. The third-order valence-electron chi connectivity index (χ3n) is 4.57. The van der Waals surface area contributed by atoms with Crippen LogP contribution in [0.3, 0.4) is 0 Å². The maximum absolute atomic E-state index is 10.6. The van der Waals surface area contributed by atoms with Crippen LogP contribution in [-0.4, -0.2) is 29.0 Å². The molecule has 0 bridgehead atoms. The molecule has 3 N–H and O–H groups in total. The summed E-state index contributed by atoms with van der Waals surface area (Å²) in [7, 11) is 1.58. The van der Waals surface area contributed by atoms with Crippen LogP contribution >= 0.6 is 0 Å². The highest BCUT2D eigenvalue weighted by Crippen LogP contribution is 2.32. The van der Waals surface area contributed by atoms with Crippen molar-refractivity contribution in [1.29, 1.82) is 0 Å². The molecule has 1 heterocycles. The molecule has 0 saturated carbocycles. The first-order chi connectivity index (χ1) is 13.6. The van der Waals surface area contributed by atoms with Crippen molar-refractivity contribution >= 4 is 10.8 Å². The number of phenols is 1. The first-order valence-corrected chi connectivity index (χ1v) is 9.12. The minimum absolute atomic E-state index is 0.191. The summed E-state index contributed by atoms with van der Waals surface area (Å²) in [5.74, 6) is 0.683. The van der Waals surface area contributed by atoms with Gasteiger partial charge < -0.3 is 24.5 Å². The normalized spacial score (nSPS) is 13.1. The molecule has 2 aromatic carbocycles. The SMILES string of the molecule is COCC(=C=CC[C@@H](O)c1ccc(O)c2ccccc12)C[C@@H](O)c1ccco1. The first kappa shape index (κ1) is 19.9. The Kier molecular flexibility index (Phi) is 6.69.